The molecule has 2 heterocycles. The molecular weight excluding hydrogens is 254 g/mol. The number of hydrogen-bond acceptors (Lipinski definition) is 4. The van der Waals surface area contributed by atoms with Crippen LogP contribution in [0.5, 0.6) is 0 Å². The summed E-state index contributed by atoms with van der Waals surface area (Å²) in [4.78, 5) is 16.5. The Hall–Kier alpha value is -2.94. The van der Waals surface area contributed by atoms with Gasteiger partial charge in [-0.1, -0.05) is 18.2 Å². The minimum Gasteiger partial charge on any atom is -0.294 e. The van der Waals surface area contributed by atoms with Crippen LogP contribution in [0.2, 0.25) is 0 Å². The van der Waals surface area contributed by atoms with E-state index in [9.17, 15) is 4.79 Å². The fourth-order valence-corrected chi connectivity index (χ4v) is 2.12. The summed E-state index contributed by atoms with van der Waals surface area (Å²) in [7, 11) is 1.75. The van der Waals surface area contributed by atoms with Crippen LogP contribution in [0.3, 0.4) is 0 Å². The first-order valence-corrected chi connectivity index (χ1v) is 6.06. The fourth-order valence-electron chi connectivity index (χ4n) is 2.12. The molecule has 0 aliphatic rings. The number of nitriles is 1. The maximum atomic E-state index is 12.3. The molecule has 0 fully saturated rings. The van der Waals surface area contributed by atoms with Crippen molar-refractivity contribution in [2.24, 2.45) is 7.05 Å². The minimum absolute atomic E-state index is 0.157. The van der Waals surface area contributed by atoms with Crippen LogP contribution < -0.4 is 5.56 Å². The van der Waals surface area contributed by atoms with E-state index in [1.54, 1.807) is 30.1 Å². The summed E-state index contributed by atoms with van der Waals surface area (Å²) < 4.78 is 3.05. The topological polar surface area (TPSA) is 76.5 Å². The van der Waals surface area contributed by atoms with Crippen molar-refractivity contribution in [3.8, 4) is 6.07 Å². The lowest BCUT2D eigenvalue weighted by Gasteiger charge is -2.06. The highest BCUT2D eigenvalue weighted by molar-refractivity contribution is 5.72. The van der Waals surface area contributed by atoms with Crippen molar-refractivity contribution < 1.29 is 0 Å². The van der Waals surface area contributed by atoms with E-state index >= 15 is 0 Å². The average molecular weight is 265 g/mol. The fraction of sp³-hybridized carbons (Fsp3) is 0.143. The molecule has 6 nitrogen and oxygen atoms in total. The Morgan fingerprint density at radius 2 is 2.15 bits per heavy atom. The van der Waals surface area contributed by atoms with Gasteiger partial charge in [0.1, 0.15) is 11.7 Å². The molecule has 0 saturated heterocycles. The monoisotopic (exact) mass is 265 g/mol. The second kappa shape index (κ2) is 4.63. The molecule has 0 unspecified atom stereocenters. The van der Waals surface area contributed by atoms with Crippen molar-refractivity contribution in [2.75, 3.05) is 0 Å². The summed E-state index contributed by atoms with van der Waals surface area (Å²) in [5.74, 6) is 0. The largest absolute Gasteiger partial charge is 0.294 e. The molecule has 0 aliphatic heterocycles. The molecule has 0 spiro atoms. The van der Waals surface area contributed by atoms with E-state index in [1.165, 1.54) is 10.9 Å². The normalized spacial score (nSPS) is 10.6. The Bertz CT molecular complexity index is 884. The Morgan fingerprint density at radius 3 is 2.95 bits per heavy atom. The van der Waals surface area contributed by atoms with Crippen LogP contribution in [0.25, 0.3) is 11.0 Å². The number of hydrogen-bond donors (Lipinski definition) is 0. The third-order valence-corrected chi connectivity index (χ3v) is 3.10. The second-order valence-electron chi connectivity index (χ2n) is 4.49. The van der Waals surface area contributed by atoms with Gasteiger partial charge in [0, 0.05) is 13.2 Å². The van der Waals surface area contributed by atoms with Crippen molar-refractivity contribution in [1.82, 2.24) is 19.3 Å². The Kier molecular flexibility index (Phi) is 2.80. The zero-order valence-electron chi connectivity index (χ0n) is 10.8. The summed E-state index contributed by atoms with van der Waals surface area (Å²) >= 11 is 0. The third-order valence-electron chi connectivity index (χ3n) is 3.10. The molecule has 0 bridgehead atoms. The van der Waals surface area contributed by atoms with E-state index in [2.05, 4.69) is 16.2 Å². The van der Waals surface area contributed by atoms with Crippen LogP contribution in [0, 0.1) is 11.3 Å². The zero-order valence-corrected chi connectivity index (χ0v) is 10.8. The molecule has 3 aromatic rings. The number of benzene rings is 1. The highest BCUT2D eigenvalue weighted by atomic mass is 16.1. The van der Waals surface area contributed by atoms with Gasteiger partial charge in [0.25, 0.3) is 5.56 Å². The van der Waals surface area contributed by atoms with Gasteiger partial charge in [-0.05, 0) is 11.6 Å². The summed E-state index contributed by atoms with van der Waals surface area (Å²) in [6.07, 6.45) is 3.11. The van der Waals surface area contributed by atoms with Crippen molar-refractivity contribution in [2.45, 2.75) is 6.54 Å². The Morgan fingerprint density at radius 1 is 1.35 bits per heavy atom. The Balaban J connectivity index is 2.10. The molecule has 0 saturated carbocycles. The van der Waals surface area contributed by atoms with Crippen LogP contribution in [-0.2, 0) is 13.6 Å². The number of rotatable bonds is 2. The number of aromatic nitrogens is 4. The van der Waals surface area contributed by atoms with Crippen LogP contribution in [0.1, 0.15) is 11.1 Å². The lowest BCUT2D eigenvalue weighted by molar-refractivity contribution is 0.744. The zero-order chi connectivity index (χ0) is 14.1. The van der Waals surface area contributed by atoms with Gasteiger partial charge in [-0.2, -0.15) is 10.4 Å². The van der Waals surface area contributed by atoms with Crippen molar-refractivity contribution in [3.05, 3.63) is 58.3 Å². The van der Waals surface area contributed by atoms with E-state index in [0.29, 0.717) is 23.1 Å². The summed E-state index contributed by atoms with van der Waals surface area (Å²) in [5.41, 5.74) is 1.63. The molecule has 0 N–H and O–H groups in total. The van der Waals surface area contributed by atoms with E-state index in [0.717, 1.165) is 5.56 Å². The van der Waals surface area contributed by atoms with Crippen molar-refractivity contribution >= 4 is 11.0 Å². The molecule has 0 atom stereocenters. The summed E-state index contributed by atoms with van der Waals surface area (Å²) in [5, 5.41) is 13.6. The van der Waals surface area contributed by atoms with E-state index < -0.39 is 0 Å². The highest BCUT2D eigenvalue weighted by Crippen LogP contribution is 2.09. The van der Waals surface area contributed by atoms with Gasteiger partial charge in [0.2, 0.25) is 0 Å². The van der Waals surface area contributed by atoms with E-state index in [1.807, 2.05) is 12.1 Å². The first-order valence-electron chi connectivity index (χ1n) is 6.06. The van der Waals surface area contributed by atoms with E-state index in [4.69, 9.17) is 5.26 Å². The third kappa shape index (κ3) is 1.95. The Labute approximate surface area is 114 Å². The molecule has 0 radical (unpaired) electrons. The second-order valence-corrected chi connectivity index (χ2v) is 4.49. The molecule has 0 amide bonds. The quantitative estimate of drug-likeness (QED) is 0.694. The lowest BCUT2D eigenvalue weighted by Crippen LogP contribution is -2.21. The molecule has 0 aliphatic carbocycles. The maximum absolute atomic E-state index is 12.3. The molecular formula is C14H11N5O. The molecule has 2 aromatic heterocycles. The molecule has 6 heteroatoms. The predicted octanol–water partition coefficient (Wildman–Crippen LogP) is 1.05. The smallest absolute Gasteiger partial charge is 0.264 e. The van der Waals surface area contributed by atoms with Crippen LogP contribution in [0.15, 0.2) is 41.6 Å². The van der Waals surface area contributed by atoms with E-state index in [-0.39, 0.29) is 5.56 Å². The standard InChI is InChI=1S/C14H11N5O/c1-18-8-12-13(17-18)16-9-19(14(12)20)7-11-5-3-2-4-10(11)6-15/h2-5,8-9H,7H2,1H3. The van der Waals surface area contributed by atoms with Crippen molar-refractivity contribution in [1.29, 1.82) is 5.26 Å². The highest BCUT2D eigenvalue weighted by Gasteiger charge is 2.09. The van der Waals surface area contributed by atoms with Gasteiger partial charge < -0.3 is 0 Å². The molecule has 98 valence electrons. The predicted molar refractivity (Wildman–Crippen MR) is 73.0 cm³/mol. The molecule has 1 aromatic carbocycles. The van der Waals surface area contributed by atoms with Crippen LogP contribution >= 0.6 is 0 Å². The lowest BCUT2D eigenvalue weighted by atomic mass is 10.1. The average Bonchev–Trinajstić information content (AvgIpc) is 2.84. The van der Waals surface area contributed by atoms with Crippen LogP contribution in [-0.4, -0.2) is 19.3 Å². The van der Waals surface area contributed by atoms with Gasteiger partial charge in [0.15, 0.2) is 5.65 Å². The summed E-state index contributed by atoms with van der Waals surface area (Å²) in [6.45, 7) is 0.320. The molecule has 3 rings (SSSR count). The maximum Gasteiger partial charge on any atom is 0.264 e. The van der Waals surface area contributed by atoms with Gasteiger partial charge in [-0.25, -0.2) is 4.98 Å². The summed E-state index contributed by atoms with van der Waals surface area (Å²) in [6, 6.07) is 9.33. The molecule has 20 heavy (non-hydrogen) atoms. The van der Waals surface area contributed by atoms with Crippen LogP contribution in [0.4, 0.5) is 0 Å². The SMILES string of the molecule is Cn1cc2c(=O)n(Cc3ccccc3C#N)cnc2n1. The van der Waals surface area contributed by atoms with Gasteiger partial charge >= 0.3 is 0 Å². The van der Waals surface area contributed by atoms with Gasteiger partial charge in [-0.3, -0.25) is 14.0 Å². The first-order chi connectivity index (χ1) is 9.69. The number of aryl methyl sites for hydroxylation is 1. The number of fused-ring (bicyclic) bond motifs is 1. The van der Waals surface area contributed by atoms with Gasteiger partial charge in [0.05, 0.1) is 18.2 Å². The minimum atomic E-state index is -0.157. The van der Waals surface area contributed by atoms with Crippen molar-refractivity contribution in [3.63, 3.8) is 0 Å². The van der Waals surface area contributed by atoms with Gasteiger partial charge in [-0.15, -0.1) is 0 Å². The number of nitrogens with zero attached hydrogens (tertiary/aromatic N) is 5. The first kappa shape index (κ1) is 12.1.